The Hall–Kier alpha value is -3.67. The van der Waals surface area contributed by atoms with Gasteiger partial charge in [-0.05, 0) is 55.8 Å². The van der Waals surface area contributed by atoms with E-state index in [1.54, 1.807) is 36.5 Å². The number of nitrogens with zero attached hydrogens (tertiary/aromatic N) is 1. The zero-order valence-corrected chi connectivity index (χ0v) is 16.0. The molecular weight excluding hydrogens is 352 g/mol. The molecule has 6 heteroatoms. The van der Waals surface area contributed by atoms with Crippen LogP contribution in [0.1, 0.15) is 28.5 Å². The summed E-state index contributed by atoms with van der Waals surface area (Å²) in [4.78, 5) is 27.8. The number of aryl methyl sites for hydroxylation is 2. The first-order valence-electron chi connectivity index (χ1n) is 8.90. The lowest BCUT2D eigenvalue weighted by Crippen LogP contribution is -2.14. The van der Waals surface area contributed by atoms with E-state index in [2.05, 4.69) is 33.9 Å². The van der Waals surface area contributed by atoms with Crippen LogP contribution in [-0.4, -0.2) is 16.8 Å². The molecule has 3 rings (SSSR count). The molecule has 0 aliphatic heterocycles. The Labute approximate surface area is 164 Å². The molecule has 0 unspecified atom stereocenters. The summed E-state index contributed by atoms with van der Waals surface area (Å²) < 4.78 is 0. The topological polar surface area (TPSA) is 83.1 Å². The second-order valence-electron chi connectivity index (χ2n) is 6.59. The van der Waals surface area contributed by atoms with Crippen LogP contribution in [0, 0.1) is 13.8 Å². The molecule has 0 atom stereocenters. The van der Waals surface area contributed by atoms with Gasteiger partial charge in [0.2, 0.25) is 5.91 Å². The van der Waals surface area contributed by atoms with Gasteiger partial charge in [0.1, 0.15) is 5.69 Å². The van der Waals surface area contributed by atoms with Crippen molar-refractivity contribution in [2.75, 3.05) is 16.0 Å². The molecule has 0 fully saturated rings. The number of carbonyl (C=O) groups is 2. The molecule has 2 amide bonds. The lowest BCUT2D eigenvalue weighted by Gasteiger charge is -2.11. The smallest absolute Gasteiger partial charge is 0.274 e. The van der Waals surface area contributed by atoms with Crippen LogP contribution in [0.2, 0.25) is 0 Å². The fourth-order valence-corrected chi connectivity index (χ4v) is 2.78. The normalized spacial score (nSPS) is 10.2. The molecule has 3 aromatic rings. The zero-order chi connectivity index (χ0) is 20.1. The molecule has 0 saturated carbocycles. The van der Waals surface area contributed by atoms with Crippen molar-refractivity contribution in [3.05, 3.63) is 77.6 Å². The van der Waals surface area contributed by atoms with Crippen LogP contribution in [0.4, 0.5) is 22.7 Å². The summed E-state index contributed by atoms with van der Waals surface area (Å²) in [7, 11) is 0. The molecule has 0 spiro atoms. The van der Waals surface area contributed by atoms with Crippen LogP contribution in [0.25, 0.3) is 0 Å². The minimum Gasteiger partial charge on any atom is -0.354 e. The van der Waals surface area contributed by atoms with Crippen LogP contribution in [0.15, 0.2) is 60.8 Å². The Morgan fingerprint density at radius 2 is 1.61 bits per heavy atom. The molecular formula is C22H22N4O2. The van der Waals surface area contributed by atoms with E-state index in [0.29, 0.717) is 17.1 Å². The number of hydrogen-bond donors (Lipinski definition) is 3. The maximum absolute atomic E-state index is 12.4. The summed E-state index contributed by atoms with van der Waals surface area (Å²) in [5.74, 6) is -0.491. The number of carbonyl (C=O) groups excluding carboxylic acids is 2. The van der Waals surface area contributed by atoms with Gasteiger partial charge in [0.25, 0.3) is 5.91 Å². The molecule has 0 aliphatic rings. The Morgan fingerprint density at radius 1 is 0.857 bits per heavy atom. The van der Waals surface area contributed by atoms with Gasteiger partial charge in [-0.1, -0.05) is 23.8 Å². The van der Waals surface area contributed by atoms with Crippen LogP contribution < -0.4 is 16.0 Å². The first kappa shape index (κ1) is 19.1. The minimum absolute atomic E-state index is 0.169. The summed E-state index contributed by atoms with van der Waals surface area (Å²) in [5.41, 5.74) is 5.64. The molecule has 0 radical (unpaired) electrons. The Morgan fingerprint density at radius 3 is 2.25 bits per heavy atom. The second kappa shape index (κ2) is 8.35. The number of amides is 2. The van der Waals surface area contributed by atoms with Crippen molar-refractivity contribution in [2.24, 2.45) is 0 Å². The quantitative estimate of drug-likeness (QED) is 0.607. The van der Waals surface area contributed by atoms with Gasteiger partial charge in [-0.2, -0.15) is 0 Å². The average molecular weight is 374 g/mol. The first-order valence-corrected chi connectivity index (χ1v) is 8.90. The number of benzene rings is 2. The summed E-state index contributed by atoms with van der Waals surface area (Å²) >= 11 is 0. The Balaban J connectivity index is 1.67. The lowest BCUT2D eigenvalue weighted by molar-refractivity contribution is -0.114. The third-order valence-corrected chi connectivity index (χ3v) is 4.10. The van der Waals surface area contributed by atoms with Crippen molar-refractivity contribution in [3.63, 3.8) is 0 Å². The number of hydrogen-bond acceptors (Lipinski definition) is 4. The summed E-state index contributed by atoms with van der Waals surface area (Å²) in [6.45, 7) is 5.53. The van der Waals surface area contributed by atoms with Gasteiger partial charge in [0, 0.05) is 24.0 Å². The highest BCUT2D eigenvalue weighted by atomic mass is 16.2. The van der Waals surface area contributed by atoms with E-state index in [1.165, 1.54) is 12.5 Å². The van der Waals surface area contributed by atoms with Gasteiger partial charge >= 0.3 is 0 Å². The van der Waals surface area contributed by atoms with Crippen LogP contribution in [0.5, 0.6) is 0 Å². The second-order valence-corrected chi connectivity index (χ2v) is 6.59. The number of nitrogens with one attached hydrogen (secondary N) is 3. The molecule has 1 aromatic heterocycles. The Kier molecular flexibility index (Phi) is 5.69. The lowest BCUT2D eigenvalue weighted by atomic mass is 10.1. The highest BCUT2D eigenvalue weighted by molar-refractivity contribution is 6.03. The van der Waals surface area contributed by atoms with E-state index in [9.17, 15) is 9.59 Å². The van der Waals surface area contributed by atoms with Crippen molar-refractivity contribution in [1.29, 1.82) is 0 Å². The molecule has 0 bridgehead atoms. The predicted octanol–water partition coefficient (Wildman–Crippen LogP) is 4.65. The monoisotopic (exact) mass is 374 g/mol. The van der Waals surface area contributed by atoms with Crippen molar-refractivity contribution in [1.82, 2.24) is 4.98 Å². The summed E-state index contributed by atoms with van der Waals surface area (Å²) in [6, 6.07) is 16.6. The van der Waals surface area contributed by atoms with Gasteiger partial charge in [-0.3, -0.25) is 9.59 Å². The molecule has 6 nitrogen and oxygen atoms in total. The molecule has 1 heterocycles. The molecule has 0 aliphatic carbocycles. The summed E-state index contributed by atoms with van der Waals surface area (Å²) in [5, 5.41) is 8.77. The minimum atomic E-state index is -0.321. The van der Waals surface area contributed by atoms with Crippen molar-refractivity contribution in [3.8, 4) is 0 Å². The third kappa shape index (κ3) is 4.94. The molecule has 142 valence electrons. The highest BCUT2D eigenvalue weighted by Gasteiger charge is 2.09. The molecule has 3 N–H and O–H groups in total. The van der Waals surface area contributed by atoms with E-state index < -0.39 is 0 Å². The van der Waals surface area contributed by atoms with Crippen molar-refractivity contribution in [2.45, 2.75) is 20.8 Å². The fourth-order valence-electron chi connectivity index (χ4n) is 2.78. The van der Waals surface area contributed by atoms with Gasteiger partial charge in [-0.15, -0.1) is 0 Å². The maximum atomic E-state index is 12.4. The average Bonchev–Trinajstić information content (AvgIpc) is 2.64. The van der Waals surface area contributed by atoms with Gasteiger partial charge in [0.15, 0.2) is 0 Å². The Bertz CT molecular complexity index is 1010. The predicted molar refractivity (Wildman–Crippen MR) is 112 cm³/mol. The van der Waals surface area contributed by atoms with Gasteiger partial charge < -0.3 is 16.0 Å². The fraction of sp³-hybridized carbons (Fsp3) is 0.136. The first-order chi connectivity index (χ1) is 13.4. The number of anilines is 4. The molecule has 2 aromatic carbocycles. The van der Waals surface area contributed by atoms with Crippen molar-refractivity contribution >= 4 is 34.6 Å². The standard InChI is InChI=1S/C22H22N4O2/c1-14-7-9-20(15(2)11-14)25-19-8-10-21(23-13-19)22(28)26-18-6-4-5-17(12-18)24-16(3)27/h4-13,25H,1-3H3,(H,24,27)(H,26,28). The van der Waals surface area contributed by atoms with E-state index in [-0.39, 0.29) is 11.8 Å². The summed E-state index contributed by atoms with van der Waals surface area (Å²) in [6.07, 6.45) is 1.63. The molecule has 0 saturated heterocycles. The third-order valence-electron chi connectivity index (χ3n) is 4.10. The highest BCUT2D eigenvalue weighted by Crippen LogP contribution is 2.21. The maximum Gasteiger partial charge on any atom is 0.274 e. The van der Waals surface area contributed by atoms with Crippen LogP contribution in [-0.2, 0) is 4.79 Å². The van der Waals surface area contributed by atoms with Crippen LogP contribution in [0.3, 0.4) is 0 Å². The van der Waals surface area contributed by atoms with E-state index in [0.717, 1.165) is 16.9 Å². The van der Waals surface area contributed by atoms with Crippen molar-refractivity contribution < 1.29 is 9.59 Å². The van der Waals surface area contributed by atoms with E-state index in [4.69, 9.17) is 0 Å². The van der Waals surface area contributed by atoms with Crippen LogP contribution >= 0.6 is 0 Å². The van der Waals surface area contributed by atoms with Gasteiger partial charge in [0.05, 0.1) is 11.9 Å². The molecule has 28 heavy (non-hydrogen) atoms. The van der Waals surface area contributed by atoms with Gasteiger partial charge in [-0.25, -0.2) is 4.98 Å². The number of rotatable bonds is 5. The van der Waals surface area contributed by atoms with E-state index >= 15 is 0 Å². The zero-order valence-electron chi connectivity index (χ0n) is 16.0. The number of aromatic nitrogens is 1. The number of pyridine rings is 1. The van der Waals surface area contributed by atoms with E-state index in [1.807, 2.05) is 25.1 Å². The largest absolute Gasteiger partial charge is 0.354 e. The SMILES string of the molecule is CC(=O)Nc1cccc(NC(=O)c2ccc(Nc3ccc(C)cc3C)cn2)c1.